The van der Waals surface area contributed by atoms with Crippen LogP contribution in [0.15, 0.2) is 48.8 Å². The van der Waals surface area contributed by atoms with Gasteiger partial charge >= 0.3 is 0 Å². The molecule has 1 saturated heterocycles. The van der Waals surface area contributed by atoms with Gasteiger partial charge in [0.15, 0.2) is 5.69 Å². The van der Waals surface area contributed by atoms with Crippen LogP contribution in [0, 0.1) is 6.92 Å². The molecule has 1 fully saturated rings. The molecule has 4 aromatic rings. The molecule has 3 aromatic heterocycles. The lowest BCUT2D eigenvalue weighted by atomic mass is 9.93. The molecule has 1 aromatic carbocycles. The van der Waals surface area contributed by atoms with Crippen LogP contribution < -0.4 is 0 Å². The van der Waals surface area contributed by atoms with Gasteiger partial charge in [-0.05, 0) is 50.1 Å². The zero-order valence-corrected chi connectivity index (χ0v) is 19.1. The number of carbonyl (C=O) groups excluding carboxylic acids is 1. The van der Waals surface area contributed by atoms with E-state index in [1.54, 1.807) is 10.9 Å². The van der Waals surface area contributed by atoms with E-state index >= 15 is 0 Å². The summed E-state index contributed by atoms with van der Waals surface area (Å²) in [7, 11) is 0. The zero-order valence-electron chi connectivity index (χ0n) is 19.1. The maximum atomic E-state index is 13.2. The number of nitrogens with zero attached hydrogens (tertiary/aromatic N) is 7. The van der Waals surface area contributed by atoms with Gasteiger partial charge in [-0.2, -0.15) is 0 Å². The van der Waals surface area contributed by atoms with E-state index in [-0.39, 0.29) is 5.91 Å². The number of amides is 1. The topological polar surface area (TPSA) is 89.7 Å². The third-order valence-electron chi connectivity index (χ3n) is 6.34. The number of carbonyl (C=O) groups is 1. The fraction of sp³-hybridized carbons (Fsp3) is 0.360. The molecular formula is C25H27N7O. The smallest absolute Gasteiger partial charge is 0.276 e. The molecule has 1 aliphatic rings. The Morgan fingerprint density at radius 3 is 2.67 bits per heavy atom. The summed E-state index contributed by atoms with van der Waals surface area (Å²) >= 11 is 0. The highest BCUT2D eigenvalue weighted by atomic mass is 16.2. The molecule has 0 radical (unpaired) electrons. The summed E-state index contributed by atoms with van der Waals surface area (Å²) in [4.78, 5) is 28.6. The van der Waals surface area contributed by atoms with Crippen LogP contribution in [0.3, 0.4) is 0 Å². The SMILES string of the molecule is Cc1c(C(=O)N2CCC(c3ccnc(C(C)C)n3)CC2)nnn1-c1ccc2ncccc2c1. The molecule has 5 rings (SSSR count). The van der Waals surface area contributed by atoms with E-state index in [9.17, 15) is 4.79 Å². The van der Waals surface area contributed by atoms with Crippen molar-refractivity contribution in [3.8, 4) is 5.69 Å². The number of benzene rings is 1. The first-order chi connectivity index (χ1) is 16.0. The minimum Gasteiger partial charge on any atom is -0.337 e. The Labute approximate surface area is 192 Å². The summed E-state index contributed by atoms with van der Waals surface area (Å²) in [6.45, 7) is 7.45. The molecule has 1 aliphatic heterocycles. The van der Waals surface area contributed by atoms with Gasteiger partial charge in [0.1, 0.15) is 5.82 Å². The molecule has 8 nitrogen and oxygen atoms in total. The summed E-state index contributed by atoms with van der Waals surface area (Å²) < 4.78 is 1.72. The van der Waals surface area contributed by atoms with Gasteiger partial charge in [-0.3, -0.25) is 9.78 Å². The summed E-state index contributed by atoms with van der Waals surface area (Å²) in [5.74, 6) is 1.46. The number of fused-ring (bicyclic) bond motifs is 1. The second-order valence-corrected chi connectivity index (χ2v) is 8.88. The molecule has 168 valence electrons. The fourth-order valence-electron chi connectivity index (χ4n) is 4.39. The molecular weight excluding hydrogens is 414 g/mol. The quantitative estimate of drug-likeness (QED) is 0.474. The van der Waals surface area contributed by atoms with Gasteiger partial charge in [0.25, 0.3) is 5.91 Å². The van der Waals surface area contributed by atoms with Crippen LogP contribution >= 0.6 is 0 Å². The van der Waals surface area contributed by atoms with Crippen molar-refractivity contribution in [2.75, 3.05) is 13.1 Å². The normalized spacial score (nSPS) is 14.8. The molecule has 4 heterocycles. The number of pyridine rings is 1. The Kier molecular flexibility index (Phi) is 5.58. The molecule has 0 atom stereocenters. The van der Waals surface area contributed by atoms with Crippen LogP contribution in [-0.2, 0) is 0 Å². The lowest BCUT2D eigenvalue weighted by Crippen LogP contribution is -2.38. The monoisotopic (exact) mass is 441 g/mol. The fourth-order valence-corrected chi connectivity index (χ4v) is 4.39. The van der Waals surface area contributed by atoms with Gasteiger partial charge in [-0.1, -0.05) is 25.1 Å². The number of rotatable bonds is 4. The van der Waals surface area contributed by atoms with Crippen molar-refractivity contribution >= 4 is 16.8 Å². The van der Waals surface area contributed by atoms with E-state index in [2.05, 4.69) is 34.1 Å². The lowest BCUT2D eigenvalue weighted by molar-refractivity contribution is 0.0705. The molecule has 33 heavy (non-hydrogen) atoms. The van der Waals surface area contributed by atoms with E-state index in [1.807, 2.05) is 54.4 Å². The van der Waals surface area contributed by atoms with Gasteiger partial charge in [0, 0.05) is 48.4 Å². The Morgan fingerprint density at radius 2 is 1.88 bits per heavy atom. The van der Waals surface area contributed by atoms with E-state index in [4.69, 9.17) is 4.98 Å². The summed E-state index contributed by atoms with van der Waals surface area (Å²) in [5.41, 5.74) is 4.01. The molecule has 8 heteroatoms. The summed E-state index contributed by atoms with van der Waals surface area (Å²) in [6, 6.07) is 11.8. The predicted octanol–water partition coefficient (Wildman–Crippen LogP) is 4.06. The van der Waals surface area contributed by atoms with Crippen molar-refractivity contribution in [2.45, 2.75) is 45.4 Å². The number of likely N-dealkylation sites (tertiary alicyclic amines) is 1. The second-order valence-electron chi connectivity index (χ2n) is 8.88. The minimum atomic E-state index is -0.0646. The summed E-state index contributed by atoms with van der Waals surface area (Å²) in [5, 5.41) is 9.54. The van der Waals surface area contributed by atoms with E-state index < -0.39 is 0 Å². The van der Waals surface area contributed by atoms with E-state index in [1.165, 1.54) is 0 Å². The minimum absolute atomic E-state index is 0.0646. The molecule has 0 spiro atoms. The third kappa shape index (κ3) is 4.08. The van der Waals surface area contributed by atoms with Crippen LogP contribution in [0.2, 0.25) is 0 Å². The Balaban J connectivity index is 1.31. The standard InChI is InChI=1S/C25H27N7O/c1-16(2)24-27-12-8-22(28-24)18-9-13-31(14-10-18)25(33)23-17(3)32(30-29-23)20-6-7-21-19(15-20)5-4-11-26-21/h4-8,11-12,15-16,18H,9-10,13-14H2,1-3H3. The Bertz CT molecular complexity index is 1310. The molecule has 0 N–H and O–H groups in total. The van der Waals surface area contributed by atoms with Crippen molar-refractivity contribution in [3.05, 3.63) is 71.7 Å². The number of aromatic nitrogens is 6. The van der Waals surface area contributed by atoms with Crippen molar-refractivity contribution in [2.24, 2.45) is 0 Å². The highest BCUT2D eigenvalue weighted by Crippen LogP contribution is 2.28. The van der Waals surface area contributed by atoms with E-state index in [0.29, 0.717) is 30.6 Å². The van der Waals surface area contributed by atoms with Crippen molar-refractivity contribution < 1.29 is 4.79 Å². The summed E-state index contributed by atoms with van der Waals surface area (Å²) in [6.07, 6.45) is 5.38. The third-order valence-corrected chi connectivity index (χ3v) is 6.34. The van der Waals surface area contributed by atoms with Crippen LogP contribution in [0.1, 0.15) is 66.2 Å². The Morgan fingerprint density at radius 1 is 1.06 bits per heavy atom. The highest BCUT2D eigenvalue weighted by molar-refractivity contribution is 5.93. The van der Waals surface area contributed by atoms with Gasteiger partial charge in [-0.15, -0.1) is 5.10 Å². The zero-order chi connectivity index (χ0) is 22.9. The maximum Gasteiger partial charge on any atom is 0.276 e. The first-order valence-electron chi connectivity index (χ1n) is 11.4. The number of piperidine rings is 1. The molecule has 0 aliphatic carbocycles. The average Bonchev–Trinajstić information content (AvgIpc) is 3.24. The van der Waals surface area contributed by atoms with Crippen LogP contribution in [0.5, 0.6) is 0 Å². The average molecular weight is 442 g/mol. The van der Waals surface area contributed by atoms with Gasteiger partial charge in [0.05, 0.1) is 16.9 Å². The van der Waals surface area contributed by atoms with Crippen LogP contribution in [0.25, 0.3) is 16.6 Å². The van der Waals surface area contributed by atoms with Crippen molar-refractivity contribution in [3.63, 3.8) is 0 Å². The second kappa shape index (κ2) is 8.69. The van der Waals surface area contributed by atoms with Crippen molar-refractivity contribution in [1.29, 1.82) is 0 Å². The number of hydrogen-bond donors (Lipinski definition) is 0. The molecule has 1 amide bonds. The predicted molar refractivity (Wildman–Crippen MR) is 125 cm³/mol. The molecule has 0 bridgehead atoms. The van der Waals surface area contributed by atoms with Gasteiger partial charge in [0.2, 0.25) is 0 Å². The maximum absolute atomic E-state index is 13.2. The Hall–Kier alpha value is -3.68. The molecule has 0 saturated carbocycles. The van der Waals surface area contributed by atoms with Crippen LogP contribution in [-0.4, -0.2) is 53.8 Å². The largest absolute Gasteiger partial charge is 0.337 e. The van der Waals surface area contributed by atoms with E-state index in [0.717, 1.165) is 46.6 Å². The first-order valence-corrected chi connectivity index (χ1v) is 11.4. The lowest BCUT2D eigenvalue weighted by Gasteiger charge is -2.31. The van der Waals surface area contributed by atoms with Crippen molar-refractivity contribution in [1.82, 2.24) is 34.8 Å². The van der Waals surface area contributed by atoms with Gasteiger partial charge < -0.3 is 4.90 Å². The highest BCUT2D eigenvalue weighted by Gasteiger charge is 2.28. The molecule has 0 unspecified atom stereocenters. The van der Waals surface area contributed by atoms with Gasteiger partial charge in [-0.25, -0.2) is 14.6 Å². The number of hydrogen-bond acceptors (Lipinski definition) is 6. The first kappa shape index (κ1) is 21.2. The van der Waals surface area contributed by atoms with Crippen LogP contribution in [0.4, 0.5) is 0 Å².